The smallest absolute Gasteiger partial charge is 0.161 e. The molecule has 0 radical (unpaired) electrons. The van der Waals surface area contributed by atoms with Crippen molar-refractivity contribution in [1.82, 2.24) is 4.90 Å². The van der Waals surface area contributed by atoms with E-state index in [0.29, 0.717) is 18.1 Å². The Bertz CT molecular complexity index is 392. The minimum absolute atomic E-state index is 0.619. The van der Waals surface area contributed by atoms with E-state index in [1.807, 2.05) is 14.1 Å². The van der Waals surface area contributed by atoms with Crippen LogP contribution in [0.3, 0.4) is 0 Å². The second-order valence-corrected chi connectivity index (χ2v) is 4.16. The molecule has 0 bridgehead atoms. The van der Waals surface area contributed by atoms with Crippen molar-refractivity contribution in [3.8, 4) is 11.5 Å². The van der Waals surface area contributed by atoms with E-state index in [9.17, 15) is 0 Å². The number of ether oxygens (including phenoxy) is 2. The molecule has 1 N–H and O–H groups in total. The van der Waals surface area contributed by atoms with E-state index in [4.69, 9.17) is 14.7 Å². The van der Waals surface area contributed by atoms with E-state index in [1.165, 1.54) is 6.21 Å². The van der Waals surface area contributed by atoms with Gasteiger partial charge in [0.05, 0.1) is 19.9 Å². The summed E-state index contributed by atoms with van der Waals surface area (Å²) in [7, 11) is 5.65. The third-order valence-electron chi connectivity index (χ3n) is 2.40. The van der Waals surface area contributed by atoms with Crippen LogP contribution in [-0.2, 0) is 0 Å². The summed E-state index contributed by atoms with van der Waals surface area (Å²) in [4.78, 5) is 2.11. The monoisotopic (exact) mass is 252 g/mol. The lowest BCUT2D eigenvalue weighted by atomic mass is 10.2. The lowest BCUT2D eigenvalue weighted by Gasteiger charge is -2.13. The lowest BCUT2D eigenvalue weighted by Crippen LogP contribution is -2.15. The van der Waals surface area contributed by atoms with Crippen LogP contribution in [0.1, 0.15) is 12.0 Å². The van der Waals surface area contributed by atoms with Crippen LogP contribution < -0.4 is 9.47 Å². The topological polar surface area (TPSA) is 54.3 Å². The van der Waals surface area contributed by atoms with Crippen LogP contribution in [0.15, 0.2) is 23.4 Å². The fraction of sp³-hybridized carbons (Fsp3) is 0.462. The summed E-state index contributed by atoms with van der Waals surface area (Å²) in [5.41, 5.74) is 0.765. The summed E-state index contributed by atoms with van der Waals surface area (Å²) >= 11 is 0. The maximum absolute atomic E-state index is 8.50. The number of benzene rings is 1. The molecule has 0 saturated heterocycles. The quantitative estimate of drug-likeness (QED) is 0.348. The van der Waals surface area contributed by atoms with Gasteiger partial charge in [0.1, 0.15) is 0 Å². The van der Waals surface area contributed by atoms with Crippen molar-refractivity contribution in [3.05, 3.63) is 23.8 Å². The Morgan fingerprint density at radius 1 is 1.33 bits per heavy atom. The molecule has 1 rings (SSSR count). The summed E-state index contributed by atoms with van der Waals surface area (Å²) < 4.78 is 10.9. The van der Waals surface area contributed by atoms with Crippen LogP contribution in [-0.4, -0.2) is 50.7 Å². The predicted molar refractivity (Wildman–Crippen MR) is 71.0 cm³/mol. The third kappa shape index (κ3) is 4.63. The Morgan fingerprint density at radius 2 is 2.11 bits per heavy atom. The third-order valence-corrected chi connectivity index (χ3v) is 2.40. The van der Waals surface area contributed by atoms with Gasteiger partial charge in [-0.25, -0.2) is 0 Å². The first-order valence-electron chi connectivity index (χ1n) is 5.80. The molecule has 18 heavy (non-hydrogen) atoms. The van der Waals surface area contributed by atoms with Crippen LogP contribution >= 0.6 is 0 Å². The summed E-state index contributed by atoms with van der Waals surface area (Å²) in [6.07, 6.45) is 2.29. The first-order chi connectivity index (χ1) is 8.67. The molecule has 0 unspecified atom stereocenters. The molecule has 0 amide bonds. The summed E-state index contributed by atoms with van der Waals surface area (Å²) in [6, 6.07) is 5.37. The van der Waals surface area contributed by atoms with E-state index < -0.39 is 0 Å². The highest BCUT2D eigenvalue weighted by Crippen LogP contribution is 2.27. The van der Waals surface area contributed by atoms with E-state index in [1.54, 1.807) is 25.3 Å². The average Bonchev–Trinajstić information content (AvgIpc) is 2.35. The molecule has 1 aromatic rings. The summed E-state index contributed by atoms with van der Waals surface area (Å²) in [5.74, 6) is 1.34. The van der Waals surface area contributed by atoms with Crippen molar-refractivity contribution >= 4 is 6.21 Å². The van der Waals surface area contributed by atoms with E-state index in [-0.39, 0.29) is 0 Å². The van der Waals surface area contributed by atoms with Gasteiger partial charge in [0.25, 0.3) is 0 Å². The second kappa shape index (κ2) is 7.55. The normalized spacial score (nSPS) is 11.1. The van der Waals surface area contributed by atoms with Crippen molar-refractivity contribution < 1.29 is 14.7 Å². The van der Waals surface area contributed by atoms with Crippen molar-refractivity contribution in [2.75, 3.05) is 34.4 Å². The highest BCUT2D eigenvalue weighted by atomic mass is 16.5. The highest BCUT2D eigenvalue weighted by Gasteiger charge is 2.05. The molecule has 0 heterocycles. The van der Waals surface area contributed by atoms with Gasteiger partial charge in [-0.3, -0.25) is 0 Å². The highest BCUT2D eigenvalue weighted by molar-refractivity contribution is 5.80. The van der Waals surface area contributed by atoms with Crippen molar-refractivity contribution in [3.63, 3.8) is 0 Å². The molecule has 0 aliphatic rings. The fourth-order valence-electron chi connectivity index (χ4n) is 1.52. The van der Waals surface area contributed by atoms with Gasteiger partial charge in [0.15, 0.2) is 11.5 Å². The van der Waals surface area contributed by atoms with Gasteiger partial charge in [0, 0.05) is 12.1 Å². The molecule has 100 valence electrons. The molecule has 0 saturated carbocycles. The van der Waals surface area contributed by atoms with Gasteiger partial charge in [-0.05, 0) is 38.7 Å². The maximum Gasteiger partial charge on any atom is 0.161 e. The lowest BCUT2D eigenvalue weighted by molar-refractivity contribution is 0.268. The van der Waals surface area contributed by atoms with Gasteiger partial charge in [-0.15, -0.1) is 0 Å². The van der Waals surface area contributed by atoms with Crippen molar-refractivity contribution in [2.24, 2.45) is 5.16 Å². The molecular weight excluding hydrogens is 232 g/mol. The maximum atomic E-state index is 8.50. The number of hydrogen-bond donors (Lipinski definition) is 1. The molecule has 0 spiro atoms. The second-order valence-electron chi connectivity index (χ2n) is 4.16. The number of oxime groups is 1. The molecular formula is C13H20N2O3. The first kappa shape index (κ1) is 14.3. The number of methoxy groups -OCH3 is 1. The Balaban J connectivity index is 2.63. The standard InChI is InChI=1S/C13H20N2O3/c1-15(2)7-4-8-18-13-9-11(10-14-16)5-6-12(13)17-3/h5-6,9-10,16H,4,7-8H2,1-3H3. The van der Waals surface area contributed by atoms with Crippen LogP contribution in [0.2, 0.25) is 0 Å². The average molecular weight is 252 g/mol. The molecule has 5 heteroatoms. The molecule has 5 nitrogen and oxygen atoms in total. The Morgan fingerprint density at radius 3 is 2.72 bits per heavy atom. The zero-order valence-electron chi connectivity index (χ0n) is 11.1. The summed E-state index contributed by atoms with van der Waals surface area (Å²) in [6.45, 7) is 1.59. The molecule has 0 aliphatic heterocycles. The minimum Gasteiger partial charge on any atom is -0.493 e. The minimum atomic E-state index is 0.619. The zero-order chi connectivity index (χ0) is 13.4. The Kier molecular flexibility index (Phi) is 6.00. The summed E-state index contributed by atoms with van der Waals surface area (Å²) in [5, 5.41) is 11.5. The Hall–Kier alpha value is -1.75. The fourth-order valence-corrected chi connectivity index (χ4v) is 1.52. The van der Waals surface area contributed by atoms with Crippen LogP contribution in [0, 0.1) is 0 Å². The first-order valence-corrected chi connectivity index (χ1v) is 5.80. The SMILES string of the molecule is COc1ccc(C=NO)cc1OCCCN(C)C. The van der Waals surface area contributed by atoms with Gasteiger partial charge in [0.2, 0.25) is 0 Å². The van der Waals surface area contributed by atoms with Crippen LogP contribution in [0.25, 0.3) is 0 Å². The molecule has 1 aromatic carbocycles. The van der Waals surface area contributed by atoms with Gasteiger partial charge < -0.3 is 19.6 Å². The van der Waals surface area contributed by atoms with E-state index >= 15 is 0 Å². The van der Waals surface area contributed by atoms with Gasteiger partial charge >= 0.3 is 0 Å². The zero-order valence-corrected chi connectivity index (χ0v) is 11.1. The Labute approximate surface area is 108 Å². The number of hydrogen-bond acceptors (Lipinski definition) is 5. The van der Waals surface area contributed by atoms with Crippen LogP contribution in [0.5, 0.6) is 11.5 Å². The van der Waals surface area contributed by atoms with Crippen molar-refractivity contribution in [2.45, 2.75) is 6.42 Å². The molecule has 0 aliphatic carbocycles. The molecule has 0 atom stereocenters. The van der Waals surface area contributed by atoms with E-state index in [2.05, 4.69) is 10.1 Å². The van der Waals surface area contributed by atoms with E-state index in [0.717, 1.165) is 18.5 Å². The van der Waals surface area contributed by atoms with Crippen molar-refractivity contribution in [1.29, 1.82) is 0 Å². The predicted octanol–water partition coefficient (Wildman–Crippen LogP) is 1.83. The molecule has 0 aromatic heterocycles. The molecule has 0 fully saturated rings. The largest absolute Gasteiger partial charge is 0.493 e. The van der Waals surface area contributed by atoms with Crippen LogP contribution in [0.4, 0.5) is 0 Å². The van der Waals surface area contributed by atoms with Gasteiger partial charge in [-0.1, -0.05) is 5.16 Å². The number of nitrogens with zero attached hydrogens (tertiary/aromatic N) is 2. The number of rotatable bonds is 7. The van der Waals surface area contributed by atoms with Gasteiger partial charge in [-0.2, -0.15) is 0 Å².